The van der Waals surface area contributed by atoms with Crippen LogP contribution in [0.2, 0.25) is 0 Å². The van der Waals surface area contributed by atoms with E-state index in [-0.39, 0.29) is 5.56 Å². The summed E-state index contributed by atoms with van der Waals surface area (Å²) >= 11 is 3.33. The molecule has 0 saturated heterocycles. The van der Waals surface area contributed by atoms with Gasteiger partial charge in [0.1, 0.15) is 11.5 Å². The van der Waals surface area contributed by atoms with Crippen molar-refractivity contribution >= 4 is 21.9 Å². The Morgan fingerprint density at radius 2 is 1.90 bits per heavy atom. The lowest BCUT2D eigenvalue weighted by atomic mass is 10.1. The second-order valence-electron chi connectivity index (χ2n) is 4.80. The van der Waals surface area contributed by atoms with Crippen LogP contribution >= 0.6 is 15.9 Å². The number of halogens is 1. The Morgan fingerprint density at radius 1 is 1.19 bits per heavy atom. The van der Waals surface area contributed by atoms with Crippen molar-refractivity contribution in [2.45, 2.75) is 26.2 Å². The Morgan fingerprint density at radius 3 is 2.48 bits per heavy atom. The molecule has 0 radical (unpaired) electrons. The monoisotopic (exact) mass is 348 g/mol. The number of hydrogen-bond donors (Lipinski definition) is 1. The van der Waals surface area contributed by atoms with E-state index in [1.54, 1.807) is 6.07 Å². The summed E-state index contributed by atoms with van der Waals surface area (Å²) in [5.41, 5.74) is 1.52. The fourth-order valence-corrected chi connectivity index (χ4v) is 2.41. The maximum atomic E-state index is 10.9. The molecule has 2 rings (SSSR count). The van der Waals surface area contributed by atoms with Gasteiger partial charge in [0.05, 0.1) is 10.0 Å². The highest BCUT2D eigenvalue weighted by molar-refractivity contribution is 9.10. The molecule has 0 aliphatic carbocycles. The molecule has 3 nitrogen and oxygen atoms in total. The summed E-state index contributed by atoms with van der Waals surface area (Å²) in [6, 6.07) is 12.7. The maximum Gasteiger partial charge on any atom is 0.335 e. The molecule has 2 aromatic carbocycles. The third-order valence-electron chi connectivity index (χ3n) is 3.15. The van der Waals surface area contributed by atoms with Gasteiger partial charge in [-0.05, 0) is 64.7 Å². The standard InChI is InChI=1S/C17H17BrO3/c1-2-3-4-12-5-8-14(9-6-12)21-16-10-7-13(17(19)20)11-15(16)18/h5-11H,2-4H2,1H3,(H,19,20). The highest BCUT2D eigenvalue weighted by atomic mass is 79.9. The van der Waals surface area contributed by atoms with Gasteiger partial charge in [-0.1, -0.05) is 25.5 Å². The smallest absolute Gasteiger partial charge is 0.335 e. The maximum absolute atomic E-state index is 10.9. The minimum absolute atomic E-state index is 0.226. The van der Waals surface area contributed by atoms with Gasteiger partial charge in [-0.3, -0.25) is 0 Å². The SMILES string of the molecule is CCCCc1ccc(Oc2ccc(C(=O)O)cc2Br)cc1. The number of unbranched alkanes of at least 4 members (excludes halogenated alkanes) is 1. The van der Waals surface area contributed by atoms with Crippen molar-refractivity contribution in [3.8, 4) is 11.5 Å². The zero-order valence-corrected chi connectivity index (χ0v) is 13.4. The van der Waals surface area contributed by atoms with Gasteiger partial charge in [0, 0.05) is 0 Å². The molecule has 0 saturated carbocycles. The Balaban J connectivity index is 2.09. The molecule has 0 atom stereocenters. The van der Waals surface area contributed by atoms with Crippen LogP contribution in [0, 0.1) is 0 Å². The summed E-state index contributed by atoms with van der Waals surface area (Å²) in [6.07, 6.45) is 3.44. The normalized spacial score (nSPS) is 10.4. The van der Waals surface area contributed by atoms with Crippen molar-refractivity contribution in [1.29, 1.82) is 0 Å². The van der Waals surface area contributed by atoms with E-state index in [4.69, 9.17) is 9.84 Å². The zero-order valence-electron chi connectivity index (χ0n) is 11.8. The number of aromatic carboxylic acids is 1. The number of hydrogen-bond acceptors (Lipinski definition) is 2. The first kappa shape index (κ1) is 15.6. The Bertz CT molecular complexity index is 620. The molecule has 0 fully saturated rings. The van der Waals surface area contributed by atoms with E-state index < -0.39 is 5.97 Å². The number of rotatable bonds is 6. The van der Waals surface area contributed by atoms with E-state index in [1.807, 2.05) is 12.1 Å². The lowest BCUT2D eigenvalue weighted by Crippen LogP contribution is -1.96. The molecule has 0 aliphatic heterocycles. The van der Waals surface area contributed by atoms with Crippen LogP contribution in [0.5, 0.6) is 11.5 Å². The second-order valence-corrected chi connectivity index (χ2v) is 5.65. The molecular weight excluding hydrogens is 332 g/mol. The predicted octanol–water partition coefficient (Wildman–Crippen LogP) is 5.28. The molecule has 1 N–H and O–H groups in total. The van der Waals surface area contributed by atoms with Crippen molar-refractivity contribution < 1.29 is 14.6 Å². The van der Waals surface area contributed by atoms with Gasteiger partial charge in [-0.2, -0.15) is 0 Å². The second kappa shape index (κ2) is 7.27. The summed E-state index contributed by atoms with van der Waals surface area (Å²) in [4.78, 5) is 10.9. The van der Waals surface area contributed by atoms with Crippen LogP contribution < -0.4 is 4.74 Å². The molecule has 0 aliphatic rings. The number of ether oxygens (including phenoxy) is 1. The summed E-state index contributed by atoms with van der Waals surface area (Å²) in [6.45, 7) is 2.18. The van der Waals surface area contributed by atoms with Crippen molar-refractivity contribution in [3.05, 3.63) is 58.1 Å². The lowest BCUT2D eigenvalue weighted by molar-refractivity contribution is 0.0697. The molecule has 0 aromatic heterocycles. The predicted molar refractivity (Wildman–Crippen MR) is 86.2 cm³/mol. The Labute approximate surface area is 132 Å². The first-order valence-corrected chi connectivity index (χ1v) is 7.69. The minimum atomic E-state index is -0.956. The molecule has 0 heterocycles. The fraction of sp³-hybridized carbons (Fsp3) is 0.235. The average molecular weight is 349 g/mol. The van der Waals surface area contributed by atoms with Crippen molar-refractivity contribution in [3.63, 3.8) is 0 Å². The van der Waals surface area contributed by atoms with Gasteiger partial charge in [0.15, 0.2) is 0 Å². The van der Waals surface area contributed by atoms with E-state index >= 15 is 0 Å². The van der Waals surface area contributed by atoms with E-state index in [1.165, 1.54) is 30.5 Å². The van der Waals surface area contributed by atoms with Gasteiger partial charge in [0.25, 0.3) is 0 Å². The van der Waals surface area contributed by atoms with E-state index in [0.717, 1.165) is 12.2 Å². The lowest BCUT2D eigenvalue weighted by Gasteiger charge is -2.09. The highest BCUT2D eigenvalue weighted by Crippen LogP contribution is 2.30. The van der Waals surface area contributed by atoms with Crippen molar-refractivity contribution in [2.75, 3.05) is 0 Å². The van der Waals surface area contributed by atoms with Crippen LogP contribution in [-0.4, -0.2) is 11.1 Å². The summed E-state index contributed by atoms with van der Waals surface area (Å²) < 4.78 is 6.39. The van der Waals surface area contributed by atoms with Crippen molar-refractivity contribution in [2.24, 2.45) is 0 Å². The highest BCUT2D eigenvalue weighted by Gasteiger charge is 2.08. The summed E-state index contributed by atoms with van der Waals surface area (Å²) in [5, 5.41) is 8.93. The third kappa shape index (κ3) is 4.33. The van der Waals surface area contributed by atoms with Gasteiger partial charge in [-0.15, -0.1) is 0 Å². The molecule has 0 bridgehead atoms. The quantitative estimate of drug-likeness (QED) is 0.772. The van der Waals surface area contributed by atoms with Crippen LogP contribution in [0.1, 0.15) is 35.7 Å². The molecule has 0 amide bonds. The van der Waals surface area contributed by atoms with Crippen LogP contribution in [0.15, 0.2) is 46.9 Å². The number of carboxylic acids is 1. The molecule has 21 heavy (non-hydrogen) atoms. The number of benzene rings is 2. The van der Waals surface area contributed by atoms with Crippen LogP contribution in [0.3, 0.4) is 0 Å². The first-order valence-electron chi connectivity index (χ1n) is 6.90. The minimum Gasteiger partial charge on any atom is -0.478 e. The first-order chi connectivity index (χ1) is 10.1. The molecular formula is C17H17BrO3. The summed E-state index contributed by atoms with van der Waals surface area (Å²) in [5.74, 6) is 0.378. The van der Waals surface area contributed by atoms with Gasteiger partial charge in [-0.25, -0.2) is 4.79 Å². The zero-order chi connectivity index (χ0) is 15.2. The largest absolute Gasteiger partial charge is 0.478 e. The molecule has 0 unspecified atom stereocenters. The molecule has 2 aromatic rings. The van der Waals surface area contributed by atoms with Gasteiger partial charge >= 0.3 is 5.97 Å². The van der Waals surface area contributed by atoms with Crippen LogP contribution in [0.25, 0.3) is 0 Å². The number of carboxylic acid groups (broad SMARTS) is 1. The Kier molecular flexibility index (Phi) is 5.39. The van der Waals surface area contributed by atoms with E-state index in [2.05, 4.69) is 35.0 Å². The van der Waals surface area contributed by atoms with E-state index in [0.29, 0.717) is 10.2 Å². The fourth-order valence-electron chi connectivity index (χ4n) is 1.95. The number of carbonyl (C=O) groups is 1. The molecule has 4 heteroatoms. The van der Waals surface area contributed by atoms with Crippen LogP contribution in [0.4, 0.5) is 0 Å². The van der Waals surface area contributed by atoms with Gasteiger partial charge < -0.3 is 9.84 Å². The van der Waals surface area contributed by atoms with Gasteiger partial charge in [0.2, 0.25) is 0 Å². The average Bonchev–Trinajstić information content (AvgIpc) is 2.48. The summed E-state index contributed by atoms with van der Waals surface area (Å²) in [7, 11) is 0. The third-order valence-corrected chi connectivity index (χ3v) is 3.77. The van der Waals surface area contributed by atoms with E-state index in [9.17, 15) is 4.79 Å². The number of aryl methyl sites for hydroxylation is 1. The molecule has 0 spiro atoms. The van der Waals surface area contributed by atoms with Crippen LogP contribution in [-0.2, 0) is 6.42 Å². The Hall–Kier alpha value is -1.81. The topological polar surface area (TPSA) is 46.5 Å². The van der Waals surface area contributed by atoms with Crippen molar-refractivity contribution in [1.82, 2.24) is 0 Å². The molecule has 110 valence electrons.